The molecule has 0 aliphatic rings. The van der Waals surface area contributed by atoms with Crippen LogP contribution in [0.1, 0.15) is 6.92 Å². The third-order valence-corrected chi connectivity index (χ3v) is 4.62. The quantitative estimate of drug-likeness (QED) is 0.830. The molecule has 9 heteroatoms. The number of carbonyl (C=O) groups is 1. The molecule has 0 aromatic heterocycles. The Morgan fingerprint density at radius 3 is 2.47 bits per heavy atom. The Morgan fingerprint density at radius 2 is 2.00 bits per heavy atom. The number of carbonyl (C=O) groups excluding carboxylic acids is 1. The van der Waals surface area contributed by atoms with Crippen molar-refractivity contribution in [3.63, 3.8) is 0 Å². The number of hydrogen-bond donors (Lipinski definition) is 1. The first kappa shape index (κ1) is 16.0. The summed E-state index contributed by atoms with van der Waals surface area (Å²) in [5.41, 5.74) is 0. The first-order chi connectivity index (χ1) is 8.69. The second-order valence-electron chi connectivity index (χ2n) is 3.56. The summed E-state index contributed by atoms with van der Waals surface area (Å²) in [7, 11) is -3.25. The number of rotatable bonds is 4. The minimum Gasteiger partial charge on any atom is -0.468 e. The highest BCUT2D eigenvalue weighted by Gasteiger charge is 2.27. The van der Waals surface area contributed by atoms with Gasteiger partial charge in [-0.25, -0.2) is 17.2 Å². The SMILES string of the molecule is COC(=O)[C@H](C)NS(=O)(=O)c1c(F)cc(F)cc1Br. The number of methoxy groups -OCH3 is 1. The number of esters is 1. The van der Waals surface area contributed by atoms with Crippen LogP contribution in [0.15, 0.2) is 21.5 Å². The summed E-state index contributed by atoms with van der Waals surface area (Å²) in [4.78, 5) is 10.4. The van der Waals surface area contributed by atoms with Gasteiger partial charge in [-0.3, -0.25) is 4.79 Å². The first-order valence-electron chi connectivity index (χ1n) is 4.93. The molecule has 106 valence electrons. The summed E-state index contributed by atoms with van der Waals surface area (Å²) >= 11 is 2.76. The van der Waals surface area contributed by atoms with E-state index in [9.17, 15) is 22.0 Å². The lowest BCUT2D eigenvalue weighted by Gasteiger charge is -2.13. The van der Waals surface area contributed by atoms with Gasteiger partial charge in [0.2, 0.25) is 10.0 Å². The van der Waals surface area contributed by atoms with E-state index >= 15 is 0 Å². The molecule has 0 radical (unpaired) electrons. The summed E-state index contributed by atoms with van der Waals surface area (Å²) in [5, 5.41) is 0. The van der Waals surface area contributed by atoms with Crippen LogP contribution in [0.25, 0.3) is 0 Å². The Labute approximate surface area is 117 Å². The number of sulfonamides is 1. The molecule has 0 aliphatic heterocycles. The molecule has 5 nitrogen and oxygen atoms in total. The van der Waals surface area contributed by atoms with Crippen LogP contribution in [0.4, 0.5) is 8.78 Å². The Morgan fingerprint density at radius 1 is 1.42 bits per heavy atom. The minimum absolute atomic E-state index is 0.283. The van der Waals surface area contributed by atoms with E-state index in [0.29, 0.717) is 6.07 Å². The topological polar surface area (TPSA) is 72.5 Å². The molecule has 0 saturated heterocycles. The van der Waals surface area contributed by atoms with E-state index in [2.05, 4.69) is 20.7 Å². The van der Waals surface area contributed by atoms with Crippen molar-refractivity contribution < 1.29 is 26.7 Å². The summed E-state index contributed by atoms with van der Waals surface area (Å²) < 4.78 is 56.2. The molecule has 0 unspecified atom stereocenters. The van der Waals surface area contributed by atoms with Crippen molar-refractivity contribution in [2.45, 2.75) is 17.9 Å². The molecule has 0 saturated carbocycles. The maximum Gasteiger partial charge on any atom is 0.323 e. The summed E-state index contributed by atoms with van der Waals surface area (Å²) in [6, 6.07) is 0.0362. The summed E-state index contributed by atoms with van der Waals surface area (Å²) in [6.07, 6.45) is 0. The van der Waals surface area contributed by atoms with E-state index in [1.807, 2.05) is 4.72 Å². The monoisotopic (exact) mass is 357 g/mol. The van der Waals surface area contributed by atoms with Gasteiger partial charge in [0.1, 0.15) is 22.6 Å². The van der Waals surface area contributed by atoms with E-state index in [1.165, 1.54) is 6.92 Å². The molecule has 1 aromatic carbocycles. The highest BCUT2D eigenvalue weighted by molar-refractivity contribution is 9.10. The normalized spacial score (nSPS) is 13.1. The van der Waals surface area contributed by atoms with Gasteiger partial charge in [-0.15, -0.1) is 0 Å². The van der Waals surface area contributed by atoms with Gasteiger partial charge in [-0.2, -0.15) is 4.72 Å². The molecule has 1 N–H and O–H groups in total. The Bertz CT molecular complexity index is 583. The third kappa shape index (κ3) is 3.71. The molecule has 19 heavy (non-hydrogen) atoms. The molecular weight excluding hydrogens is 348 g/mol. The lowest BCUT2D eigenvalue weighted by molar-refractivity contribution is -0.142. The number of halogens is 3. The van der Waals surface area contributed by atoms with Crippen LogP contribution >= 0.6 is 15.9 Å². The zero-order chi connectivity index (χ0) is 14.8. The maximum absolute atomic E-state index is 13.5. The van der Waals surface area contributed by atoms with Crippen molar-refractivity contribution in [1.29, 1.82) is 0 Å². The smallest absolute Gasteiger partial charge is 0.323 e. The van der Waals surface area contributed by atoms with Crippen LogP contribution in [0, 0.1) is 11.6 Å². The van der Waals surface area contributed by atoms with Gasteiger partial charge >= 0.3 is 5.97 Å². The molecule has 0 bridgehead atoms. The lowest BCUT2D eigenvalue weighted by Crippen LogP contribution is -2.39. The van der Waals surface area contributed by atoms with Crippen molar-refractivity contribution in [2.75, 3.05) is 7.11 Å². The predicted octanol–water partition coefficient (Wildman–Crippen LogP) is 1.57. The molecule has 1 rings (SSSR count). The first-order valence-corrected chi connectivity index (χ1v) is 7.21. The van der Waals surface area contributed by atoms with Crippen LogP contribution < -0.4 is 4.72 Å². The average Bonchev–Trinajstić information content (AvgIpc) is 2.24. The van der Waals surface area contributed by atoms with Crippen molar-refractivity contribution in [3.05, 3.63) is 28.2 Å². The molecule has 0 fully saturated rings. The molecule has 0 aliphatic carbocycles. The van der Waals surface area contributed by atoms with Crippen molar-refractivity contribution in [3.8, 4) is 0 Å². The fourth-order valence-corrected chi connectivity index (χ4v) is 3.66. The maximum atomic E-state index is 13.5. The Kier molecular flexibility index (Phi) is 4.99. The van der Waals surface area contributed by atoms with Gasteiger partial charge in [-0.05, 0) is 28.9 Å². The number of nitrogens with one attached hydrogen (secondary N) is 1. The van der Waals surface area contributed by atoms with E-state index in [1.54, 1.807) is 0 Å². The fraction of sp³-hybridized carbons (Fsp3) is 0.300. The van der Waals surface area contributed by atoms with Gasteiger partial charge in [0.25, 0.3) is 0 Å². The highest BCUT2D eigenvalue weighted by atomic mass is 79.9. The van der Waals surface area contributed by atoms with Crippen molar-refractivity contribution >= 4 is 31.9 Å². The Balaban J connectivity index is 3.18. The van der Waals surface area contributed by atoms with Crippen LogP contribution in [0.3, 0.4) is 0 Å². The molecule has 0 spiro atoms. The molecule has 1 atom stereocenters. The molecule has 0 amide bonds. The standard InChI is InChI=1S/C10H10BrF2NO4S/c1-5(10(15)18-2)14-19(16,17)9-7(11)3-6(12)4-8(9)13/h3-5,14H,1-2H3/t5-/m0/s1. The summed E-state index contributed by atoms with van der Waals surface area (Å²) in [6.45, 7) is 1.23. The van der Waals surface area contributed by atoms with Gasteiger partial charge < -0.3 is 4.74 Å². The zero-order valence-electron chi connectivity index (χ0n) is 9.91. The van der Waals surface area contributed by atoms with Gasteiger partial charge in [0.05, 0.1) is 7.11 Å². The van der Waals surface area contributed by atoms with Crippen molar-refractivity contribution in [2.24, 2.45) is 0 Å². The van der Waals surface area contributed by atoms with E-state index in [-0.39, 0.29) is 4.47 Å². The largest absolute Gasteiger partial charge is 0.468 e. The van der Waals surface area contributed by atoms with Crippen LogP contribution in [0.2, 0.25) is 0 Å². The van der Waals surface area contributed by atoms with Crippen LogP contribution in [-0.4, -0.2) is 27.5 Å². The number of ether oxygens (including phenoxy) is 1. The van der Waals surface area contributed by atoms with Gasteiger partial charge in [0.15, 0.2) is 0 Å². The average molecular weight is 358 g/mol. The van der Waals surface area contributed by atoms with E-state index in [0.717, 1.165) is 13.2 Å². The lowest BCUT2D eigenvalue weighted by atomic mass is 10.3. The molecule has 1 aromatic rings. The second kappa shape index (κ2) is 5.93. The van der Waals surface area contributed by atoms with Crippen molar-refractivity contribution in [1.82, 2.24) is 4.72 Å². The zero-order valence-corrected chi connectivity index (χ0v) is 12.3. The van der Waals surface area contributed by atoms with E-state index < -0.39 is 38.6 Å². The molecular formula is C10H10BrF2NO4S. The number of benzene rings is 1. The van der Waals surface area contributed by atoms with Crippen LogP contribution in [-0.2, 0) is 19.6 Å². The Hall–Kier alpha value is -1.06. The minimum atomic E-state index is -4.33. The predicted molar refractivity (Wildman–Crippen MR) is 65.9 cm³/mol. The molecule has 0 heterocycles. The van der Waals surface area contributed by atoms with Gasteiger partial charge in [-0.1, -0.05) is 0 Å². The van der Waals surface area contributed by atoms with E-state index in [4.69, 9.17) is 0 Å². The summed E-state index contributed by atoms with van der Waals surface area (Å²) in [5.74, 6) is -3.03. The van der Waals surface area contributed by atoms with Crippen LogP contribution in [0.5, 0.6) is 0 Å². The fourth-order valence-electron chi connectivity index (χ4n) is 1.30. The third-order valence-electron chi connectivity index (χ3n) is 2.12. The second-order valence-corrected chi connectivity index (χ2v) is 6.07. The highest BCUT2D eigenvalue weighted by Crippen LogP contribution is 2.26. The van der Waals surface area contributed by atoms with Gasteiger partial charge in [0, 0.05) is 10.5 Å². The number of hydrogen-bond acceptors (Lipinski definition) is 4.